The van der Waals surface area contributed by atoms with Crippen molar-refractivity contribution in [2.24, 2.45) is 0 Å². The minimum absolute atomic E-state index is 0.00114. The highest BCUT2D eigenvalue weighted by Gasteiger charge is 2.17. The van der Waals surface area contributed by atoms with E-state index in [2.05, 4.69) is 35.1 Å². The summed E-state index contributed by atoms with van der Waals surface area (Å²) in [7, 11) is 5.23. The Morgan fingerprint density at radius 2 is 1.72 bits per heavy atom. The van der Waals surface area contributed by atoms with Gasteiger partial charge in [0.25, 0.3) is 5.91 Å². The molecule has 1 aliphatic carbocycles. The fourth-order valence-electron chi connectivity index (χ4n) is 4.26. The molecule has 1 saturated carbocycles. The average Bonchev–Trinajstić information content (AvgIpc) is 3.37. The number of methoxy groups -OCH3 is 1. The zero-order valence-corrected chi connectivity index (χ0v) is 19.7. The Bertz CT molecular complexity index is 1090. The summed E-state index contributed by atoms with van der Waals surface area (Å²) in [6.45, 7) is 0. The molecule has 0 saturated heterocycles. The van der Waals surface area contributed by atoms with Crippen molar-refractivity contribution in [1.29, 1.82) is 0 Å². The van der Waals surface area contributed by atoms with Crippen LogP contribution in [0.4, 0.5) is 5.69 Å². The van der Waals surface area contributed by atoms with Crippen LogP contribution in [0, 0.1) is 0 Å². The van der Waals surface area contributed by atoms with E-state index in [0.717, 1.165) is 27.5 Å². The number of hydrogen-bond acceptors (Lipinski definition) is 4. The fraction of sp³-hybridized carbons (Fsp3) is 0.296. The van der Waals surface area contributed by atoms with Crippen molar-refractivity contribution in [1.82, 2.24) is 4.90 Å². The number of nitrogens with zero attached hydrogens (tertiary/aromatic N) is 1. The lowest BCUT2D eigenvalue weighted by molar-refractivity contribution is 0.0827. The summed E-state index contributed by atoms with van der Waals surface area (Å²) in [5.74, 6) is 1.51. The summed E-state index contributed by atoms with van der Waals surface area (Å²) in [6.07, 6.45) is 5.26. The smallest absolute Gasteiger partial charge is 0.253 e. The zero-order chi connectivity index (χ0) is 22.5. The molecule has 5 heteroatoms. The normalized spacial score (nSPS) is 13.7. The molecular weight excluding hydrogens is 416 g/mol. The van der Waals surface area contributed by atoms with Crippen molar-refractivity contribution in [2.45, 2.75) is 36.5 Å². The molecule has 3 aromatic carbocycles. The first-order valence-corrected chi connectivity index (χ1v) is 11.9. The van der Waals surface area contributed by atoms with Gasteiger partial charge in [-0.3, -0.25) is 4.79 Å². The maximum absolute atomic E-state index is 12.4. The van der Waals surface area contributed by atoms with Crippen molar-refractivity contribution in [2.75, 3.05) is 25.9 Å². The number of carbonyl (C=O) groups is 1. The lowest BCUT2D eigenvalue weighted by Gasteiger charge is -2.15. The van der Waals surface area contributed by atoms with E-state index in [9.17, 15) is 4.79 Å². The quantitative estimate of drug-likeness (QED) is 0.403. The van der Waals surface area contributed by atoms with Crippen LogP contribution in [0.25, 0.3) is 11.1 Å². The molecule has 1 aliphatic rings. The van der Waals surface area contributed by atoms with Gasteiger partial charge in [0.2, 0.25) is 0 Å². The monoisotopic (exact) mass is 446 g/mol. The van der Waals surface area contributed by atoms with Crippen LogP contribution in [0.3, 0.4) is 0 Å². The van der Waals surface area contributed by atoms with E-state index in [4.69, 9.17) is 4.74 Å². The predicted molar refractivity (Wildman–Crippen MR) is 134 cm³/mol. The molecule has 4 nitrogen and oxygen atoms in total. The molecule has 1 fully saturated rings. The second-order valence-electron chi connectivity index (χ2n) is 8.46. The van der Waals surface area contributed by atoms with Gasteiger partial charge in [-0.2, -0.15) is 0 Å². The molecule has 3 aromatic rings. The van der Waals surface area contributed by atoms with Gasteiger partial charge in [0, 0.05) is 25.3 Å². The summed E-state index contributed by atoms with van der Waals surface area (Å²) in [4.78, 5) is 15.0. The Kier molecular flexibility index (Phi) is 7.05. The van der Waals surface area contributed by atoms with Gasteiger partial charge in [-0.25, -0.2) is 0 Å². The second kappa shape index (κ2) is 10.1. The lowest BCUT2D eigenvalue weighted by Crippen LogP contribution is -2.21. The zero-order valence-electron chi connectivity index (χ0n) is 18.9. The van der Waals surface area contributed by atoms with E-state index in [-0.39, 0.29) is 5.91 Å². The van der Waals surface area contributed by atoms with Gasteiger partial charge in [0.1, 0.15) is 5.75 Å². The molecular formula is C27H30N2O2S. The predicted octanol–water partition coefficient (Wildman–Crippen LogP) is 6.84. The molecule has 4 rings (SSSR count). The molecule has 1 amide bonds. The SMILES string of the molecule is COc1ccc(-c2cccc(C(=O)N(C)C)c2)cc1SNc1cccc(C2CCCC2)c1. The fourth-order valence-corrected chi connectivity index (χ4v) is 5.05. The molecule has 32 heavy (non-hydrogen) atoms. The summed E-state index contributed by atoms with van der Waals surface area (Å²) in [5, 5.41) is 0. The summed E-state index contributed by atoms with van der Waals surface area (Å²) in [5.41, 5.74) is 5.26. The van der Waals surface area contributed by atoms with Crippen LogP contribution in [0.2, 0.25) is 0 Å². The number of carbonyl (C=O) groups excluding carboxylic acids is 1. The Balaban J connectivity index is 1.55. The number of benzene rings is 3. The maximum Gasteiger partial charge on any atom is 0.253 e. The molecule has 0 aromatic heterocycles. The van der Waals surface area contributed by atoms with E-state index in [1.807, 2.05) is 36.4 Å². The van der Waals surface area contributed by atoms with E-state index in [0.29, 0.717) is 11.5 Å². The van der Waals surface area contributed by atoms with Crippen LogP contribution in [0.1, 0.15) is 47.5 Å². The molecule has 0 unspecified atom stereocenters. The Morgan fingerprint density at radius 1 is 0.969 bits per heavy atom. The van der Waals surface area contributed by atoms with Crippen LogP contribution >= 0.6 is 11.9 Å². The highest BCUT2D eigenvalue weighted by atomic mass is 32.2. The number of nitrogens with one attached hydrogen (secondary N) is 1. The summed E-state index contributed by atoms with van der Waals surface area (Å²) < 4.78 is 9.10. The van der Waals surface area contributed by atoms with Crippen LogP contribution in [0.5, 0.6) is 5.75 Å². The van der Waals surface area contributed by atoms with Crippen LogP contribution in [0.15, 0.2) is 71.6 Å². The molecule has 0 bridgehead atoms. The molecule has 0 aliphatic heterocycles. The molecule has 0 atom stereocenters. The third kappa shape index (κ3) is 5.10. The topological polar surface area (TPSA) is 41.6 Å². The molecule has 0 radical (unpaired) electrons. The van der Waals surface area contributed by atoms with Crippen molar-refractivity contribution in [3.63, 3.8) is 0 Å². The van der Waals surface area contributed by atoms with E-state index >= 15 is 0 Å². The highest BCUT2D eigenvalue weighted by Crippen LogP contribution is 2.37. The van der Waals surface area contributed by atoms with Gasteiger partial charge in [0.15, 0.2) is 0 Å². The van der Waals surface area contributed by atoms with Crippen LogP contribution < -0.4 is 9.46 Å². The van der Waals surface area contributed by atoms with Crippen molar-refractivity contribution in [3.05, 3.63) is 77.9 Å². The van der Waals surface area contributed by atoms with Gasteiger partial charge >= 0.3 is 0 Å². The standard InChI is InChI=1S/C27H30N2O2S/c1-29(2)27(30)23-12-6-10-20(16-23)22-14-15-25(31-3)26(18-22)32-28-24-13-7-11-21(17-24)19-8-4-5-9-19/h6-7,10-19,28H,4-5,8-9H2,1-3H3. The molecule has 1 N–H and O–H groups in total. The average molecular weight is 447 g/mol. The number of ether oxygens (including phenoxy) is 1. The number of rotatable bonds is 7. The maximum atomic E-state index is 12.4. The molecule has 0 spiro atoms. The second-order valence-corrected chi connectivity index (χ2v) is 9.31. The molecule has 166 valence electrons. The van der Waals surface area contributed by atoms with Gasteiger partial charge in [-0.1, -0.05) is 43.2 Å². The van der Waals surface area contributed by atoms with Gasteiger partial charge in [0.05, 0.1) is 12.0 Å². The Hall–Kier alpha value is -2.92. The van der Waals surface area contributed by atoms with Gasteiger partial charge in [-0.15, -0.1) is 0 Å². The third-order valence-electron chi connectivity index (χ3n) is 6.00. The van der Waals surface area contributed by atoms with Crippen molar-refractivity contribution < 1.29 is 9.53 Å². The van der Waals surface area contributed by atoms with E-state index in [1.54, 1.807) is 38.1 Å². The number of hydrogen-bond donors (Lipinski definition) is 1. The van der Waals surface area contributed by atoms with Gasteiger partial charge in [-0.05, 0) is 83.8 Å². The van der Waals surface area contributed by atoms with Crippen molar-refractivity contribution >= 4 is 23.5 Å². The lowest BCUT2D eigenvalue weighted by atomic mass is 9.97. The van der Waals surface area contributed by atoms with E-state index < -0.39 is 0 Å². The highest BCUT2D eigenvalue weighted by molar-refractivity contribution is 8.00. The summed E-state index contributed by atoms with van der Waals surface area (Å²) >= 11 is 1.55. The van der Waals surface area contributed by atoms with Crippen LogP contribution in [-0.2, 0) is 0 Å². The number of amides is 1. The third-order valence-corrected chi connectivity index (χ3v) is 6.88. The number of anilines is 1. The first kappa shape index (κ1) is 22.3. The minimum Gasteiger partial charge on any atom is -0.496 e. The molecule has 0 heterocycles. The minimum atomic E-state index is -0.00114. The van der Waals surface area contributed by atoms with Gasteiger partial charge < -0.3 is 14.4 Å². The Morgan fingerprint density at radius 3 is 2.47 bits per heavy atom. The van der Waals surface area contributed by atoms with Crippen LogP contribution in [-0.4, -0.2) is 32.0 Å². The Labute approximate surface area is 195 Å². The van der Waals surface area contributed by atoms with Crippen molar-refractivity contribution in [3.8, 4) is 16.9 Å². The first-order valence-electron chi connectivity index (χ1n) is 11.1. The summed E-state index contributed by atoms with van der Waals surface area (Å²) in [6, 6.07) is 22.6. The van der Waals surface area contributed by atoms with E-state index in [1.165, 1.54) is 31.2 Å². The first-order chi connectivity index (χ1) is 15.5. The largest absolute Gasteiger partial charge is 0.496 e.